The van der Waals surface area contributed by atoms with Crippen LogP contribution in [0.25, 0.3) is 0 Å². The number of benzene rings is 1. The predicted octanol–water partition coefficient (Wildman–Crippen LogP) is 3.88. The molecule has 0 saturated carbocycles. The third-order valence-electron chi connectivity index (χ3n) is 2.69. The molecule has 0 fully saturated rings. The van der Waals surface area contributed by atoms with Crippen molar-refractivity contribution in [3.05, 3.63) is 35.4 Å². The van der Waals surface area contributed by atoms with Crippen LogP contribution in [0.15, 0.2) is 24.3 Å². The first-order valence-corrected chi connectivity index (χ1v) is 6.00. The molecule has 0 aromatic heterocycles. The van der Waals surface area contributed by atoms with Crippen LogP contribution in [0.1, 0.15) is 27.6 Å². The Morgan fingerprint density at radius 1 is 0.913 bits per heavy atom. The van der Waals surface area contributed by atoms with Gasteiger partial charge < -0.3 is 4.74 Å². The molecule has 0 bridgehead atoms. The zero-order valence-corrected chi connectivity index (χ0v) is 11.4. The van der Waals surface area contributed by atoms with Gasteiger partial charge in [-0.15, -0.1) is 0 Å². The van der Waals surface area contributed by atoms with Gasteiger partial charge in [0.1, 0.15) is 0 Å². The van der Waals surface area contributed by atoms with E-state index in [1.807, 2.05) is 0 Å². The van der Waals surface area contributed by atoms with Gasteiger partial charge in [0.15, 0.2) is 0 Å². The van der Waals surface area contributed by atoms with Gasteiger partial charge in [-0.2, -0.15) is 30.7 Å². The Morgan fingerprint density at radius 2 is 1.35 bits per heavy atom. The predicted molar refractivity (Wildman–Crippen MR) is 62.7 cm³/mol. The summed E-state index contributed by atoms with van der Waals surface area (Å²) in [5, 5.41) is 0. The molecule has 0 atom stereocenters. The summed E-state index contributed by atoms with van der Waals surface area (Å²) in [4.78, 5) is 22.6. The maximum Gasteiger partial charge on any atom is 0.460 e. The summed E-state index contributed by atoms with van der Waals surface area (Å²) in [7, 11) is 0. The van der Waals surface area contributed by atoms with Crippen molar-refractivity contribution < 1.29 is 45.1 Å². The molecule has 1 aromatic carbocycles. The molecule has 0 aliphatic rings. The van der Waals surface area contributed by atoms with Crippen molar-refractivity contribution in [3.63, 3.8) is 0 Å². The van der Waals surface area contributed by atoms with E-state index in [9.17, 15) is 40.3 Å². The zero-order valence-electron chi connectivity index (χ0n) is 11.4. The maximum atomic E-state index is 13.2. The first-order valence-electron chi connectivity index (χ1n) is 6.00. The topological polar surface area (TPSA) is 43.4 Å². The fraction of sp³-hybridized carbons (Fsp3) is 0.385. The summed E-state index contributed by atoms with van der Waals surface area (Å²) >= 11 is 0. The minimum atomic E-state index is -6.60. The molecular formula is C13H9F7O3. The largest absolute Gasteiger partial charge is 0.462 e. The molecule has 0 aliphatic heterocycles. The zero-order chi connectivity index (χ0) is 18.1. The van der Waals surface area contributed by atoms with Crippen LogP contribution in [-0.2, 0) is 4.74 Å². The molecule has 10 heteroatoms. The Bertz CT molecular complexity index is 591. The number of esters is 1. The lowest BCUT2D eigenvalue weighted by molar-refractivity contribution is -0.339. The molecule has 0 heterocycles. The minimum Gasteiger partial charge on any atom is -0.462 e. The third kappa shape index (κ3) is 3.45. The number of alkyl halides is 7. The van der Waals surface area contributed by atoms with Gasteiger partial charge in [0, 0.05) is 5.56 Å². The lowest BCUT2D eigenvalue weighted by Gasteiger charge is -2.27. The van der Waals surface area contributed by atoms with E-state index in [4.69, 9.17) is 0 Å². The highest BCUT2D eigenvalue weighted by Crippen LogP contribution is 2.47. The Labute approximate surface area is 125 Å². The number of ether oxygens (including phenoxy) is 1. The molecule has 0 radical (unpaired) electrons. The fourth-order valence-electron chi connectivity index (χ4n) is 1.47. The molecule has 0 aliphatic carbocycles. The standard InChI is InChI=1S/C13H9F7O3/c1-2-23-10(22)8-5-3-7(4-6-8)9(21)11(14,15)12(16,17)13(18,19)20/h3-6H,2H2,1H3. The van der Waals surface area contributed by atoms with Crippen LogP contribution >= 0.6 is 0 Å². The van der Waals surface area contributed by atoms with Crippen molar-refractivity contribution in [2.75, 3.05) is 6.61 Å². The number of hydrogen-bond acceptors (Lipinski definition) is 3. The van der Waals surface area contributed by atoms with Gasteiger partial charge in [-0.1, -0.05) is 12.1 Å². The van der Waals surface area contributed by atoms with Crippen molar-refractivity contribution in [1.82, 2.24) is 0 Å². The molecule has 1 aromatic rings. The van der Waals surface area contributed by atoms with E-state index in [1.54, 1.807) is 0 Å². The molecule has 0 saturated heterocycles. The number of ketones is 1. The first-order chi connectivity index (χ1) is 10.4. The van der Waals surface area contributed by atoms with Gasteiger partial charge in [-0.05, 0) is 19.1 Å². The van der Waals surface area contributed by atoms with Crippen molar-refractivity contribution in [1.29, 1.82) is 0 Å². The van der Waals surface area contributed by atoms with Gasteiger partial charge in [-0.3, -0.25) is 4.79 Å². The monoisotopic (exact) mass is 346 g/mol. The van der Waals surface area contributed by atoms with Crippen LogP contribution in [0.2, 0.25) is 0 Å². The van der Waals surface area contributed by atoms with Gasteiger partial charge in [0.2, 0.25) is 5.78 Å². The number of carbonyl (C=O) groups excluding carboxylic acids is 2. The number of carbonyl (C=O) groups is 2. The molecule has 3 nitrogen and oxygen atoms in total. The van der Waals surface area contributed by atoms with Crippen molar-refractivity contribution in [2.24, 2.45) is 0 Å². The van der Waals surface area contributed by atoms with Crippen LogP contribution in [0.4, 0.5) is 30.7 Å². The minimum absolute atomic E-state index is 0.00457. The van der Waals surface area contributed by atoms with E-state index in [0.717, 1.165) is 12.1 Å². The van der Waals surface area contributed by atoms with E-state index < -0.39 is 35.3 Å². The Hall–Kier alpha value is -2.13. The SMILES string of the molecule is CCOC(=O)c1ccc(C(=O)C(F)(F)C(F)(F)C(F)(F)F)cc1. The number of rotatable bonds is 5. The van der Waals surface area contributed by atoms with Gasteiger partial charge in [0.25, 0.3) is 0 Å². The summed E-state index contributed by atoms with van der Waals surface area (Å²) in [6.07, 6.45) is -6.60. The highest BCUT2D eigenvalue weighted by Gasteiger charge is 2.76. The van der Waals surface area contributed by atoms with Crippen LogP contribution in [0, 0.1) is 0 Å². The summed E-state index contributed by atoms with van der Waals surface area (Å²) in [5.74, 6) is -16.1. The third-order valence-corrected chi connectivity index (χ3v) is 2.69. The second-order valence-corrected chi connectivity index (χ2v) is 4.27. The fourth-order valence-corrected chi connectivity index (χ4v) is 1.47. The molecular weight excluding hydrogens is 337 g/mol. The number of Topliss-reactive ketones (excluding diaryl/α,β-unsaturated/α-hetero) is 1. The summed E-state index contributed by atoms with van der Waals surface area (Å²) in [6.45, 7) is 1.48. The Balaban J connectivity index is 3.12. The van der Waals surface area contributed by atoms with Gasteiger partial charge in [-0.25, -0.2) is 4.79 Å². The maximum absolute atomic E-state index is 13.2. The summed E-state index contributed by atoms with van der Waals surface area (Å²) in [6, 6.07) is 2.67. The molecule has 0 unspecified atom stereocenters. The van der Waals surface area contributed by atoms with Gasteiger partial charge in [0.05, 0.1) is 12.2 Å². The smallest absolute Gasteiger partial charge is 0.460 e. The lowest BCUT2D eigenvalue weighted by Crippen LogP contribution is -2.56. The molecule has 1 rings (SSSR count). The highest BCUT2D eigenvalue weighted by atomic mass is 19.4. The second-order valence-electron chi connectivity index (χ2n) is 4.27. The average Bonchev–Trinajstić information content (AvgIpc) is 2.45. The molecule has 0 amide bonds. The van der Waals surface area contributed by atoms with E-state index in [-0.39, 0.29) is 12.2 Å². The molecule has 0 spiro atoms. The van der Waals surface area contributed by atoms with Crippen LogP contribution < -0.4 is 0 Å². The van der Waals surface area contributed by atoms with E-state index >= 15 is 0 Å². The lowest BCUT2D eigenvalue weighted by atomic mass is 9.99. The Kier molecular flexibility index (Phi) is 5.07. The van der Waals surface area contributed by atoms with Gasteiger partial charge >= 0.3 is 24.0 Å². The van der Waals surface area contributed by atoms with E-state index in [1.165, 1.54) is 6.92 Å². The quantitative estimate of drug-likeness (QED) is 0.462. The van der Waals surface area contributed by atoms with E-state index in [0.29, 0.717) is 12.1 Å². The van der Waals surface area contributed by atoms with Crippen molar-refractivity contribution in [2.45, 2.75) is 24.9 Å². The van der Waals surface area contributed by atoms with Crippen molar-refractivity contribution >= 4 is 11.8 Å². The van der Waals surface area contributed by atoms with Crippen LogP contribution in [-0.4, -0.2) is 36.4 Å². The molecule has 0 N–H and O–H groups in total. The van der Waals surface area contributed by atoms with Crippen LogP contribution in [0.5, 0.6) is 0 Å². The highest BCUT2D eigenvalue weighted by molar-refractivity contribution is 6.03. The normalized spacial score (nSPS) is 12.9. The molecule has 23 heavy (non-hydrogen) atoms. The first kappa shape index (κ1) is 18.9. The summed E-state index contributed by atoms with van der Waals surface area (Å²) < 4.78 is 92.7. The Morgan fingerprint density at radius 3 is 1.74 bits per heavy atom. The van der Waals surface area contributed by atoms with E-state index in [2.05, 4.69) is 4.74 Å². The van der Waals surface area contributed by atoms with Crippen molar-refractivity contribution in [3.8, 4) is 0 Å². The number of hydrogen-bond donors (Lipinski definition) is 0. The average molecular weight is 346 g/mol. The van der Waals surface area contributed by atoms with Crippen LogP contribution in [0.3, 0.4) is 0 Å². The number of halogens is 7. The summed E-state index contributed by atoms with van der Waals surface area (Å²) in [5.41, 5.74) is -1.29. The molecule has 128 valence electrons. The second kappa shape index (κ2) is 6.17.